The second kappa shape index (κ2) is 9.97. The first-order valence-electron chi connectivity index (χ1n) is 9.80. The Morgan fingerprint density at radius 2 is 1.97 bits per heavy atom. The molecular weight excluding hydrogens is 469 g/mol. The number of fused-ring (bicyclic) bond motifs is 2. The Hall–Kier alpha value is -2.84. The average molecular weight is 492 g/mol. The summed E-state index contributed by atoms with van der Waals surface area (Å²) in [6.45, 7) is 3.09. The van der Waals surface area contributed by atoms with Crippen LogP contribution >= 0.6 is 0 Å². The Morgan fingerprint density at radius 1 is 1.27 bits per heavy atom. The minimum Gasteiger partial charge on any atom is -0.475 e. The van der Waals surface area contributed by atoms with E-state index in [1.54, 1.807) is 6.20 Å². The van der Waals surface area contributed by atoms with Crippen LogP contribution in [0.1, 0.15) is 23.7 Å². The highest BCUT2D eigenvalue weighted by molar-refractivity contribution is 7.88. The van der Waals surface area contributed by atoms with Gasteiger partial charge in [0.05, 0.1) is 18.0 Å². The van der Waals surface area contributed by atoms with Crippen LogP contribution in [0.5, 0.6) is 11.5 Å². The van der Waals surface area contributed by atoms with Gasteiger partial charge in [-0.15, -0.1) is 0 Å². The number of rotatable bonds is 6. The molecule has 2 N–H and O–H groups in total. The van der Waals surface area contributed by atoms with E-state index in [-0.39, 0.29) is 12.8 Å². The maximum Gasteiger partial charge on any atom is 0.490 e. The van der Waals surface area contributed by atoms with E-state index in [4.69, 9.17) is 19.4 Å². The standard InChI is InChI=1S/C17H22N4O4S.C2HF3O2/c1-26(22,23)19-7-5-15-11-20(10-14-4-6-18-21(14)15)9-13-2-3-16-17(8-13)25-12-24-16;3-2(4,5)1(6)7/h2-4,6,8,15,19H,5,7,9-12H2,1H3;(H,6,7). The van der Waals surface area contributed by atoms with E-state index in [2.05, 4.69) is 20.8 Å². The van der Waals surface area contributed by atoms with Crippen molar-refractivity contribution in [2.24, 2.45) is 0 Å². The lowest BCUT2D eigenvalue weighted by Gasteiger charge is -2.34. The number of aromatic nitrogens is 2. The molecule has 0 spiro atoms. The zero-order valence-electron chi connectivity index (χ0n) is 17.6. The summed E-state index contributed by atoms with van der Waals surface area (Å²) in [7, 11) is -3.18. The summed E-state index contributed by atoms with van der Waals surface area (Å²) in [5, 5.41) is 11.5. The number of nitrogens with one attached hydrogen (secondary N) is 1. The predicted molar refractivity (Wildman–Crippen MR) is 109 cm³/mol. The maximum atomic E-state index is 11.3. The highest BCUT2D eigenvalue weighted by Gasteiger charge is 2.38. The van der Waals surface area contributed by atoms with Gasteiger partial charge in [0.1, 0.15) is 0 Å². The number of ether oxygens (including phenoxy) is 2. The van der Waals surface area contributed by atoms with E-state index in [0.29, 0.717) is 13.0 Å². The molecule has 0 bridgehead atoms. The molecule has 2 aromatic rings. The van der Waals surface area contributed by atoms with Crippen LogP contribution in [0.3, 0.4) is 0 Å². The topological polar surface area (TPSA) is 123 Å². The number of carboxylic acid groups (broad SMARTS) is 1. The van der Waals surface area contributed by atoms with Crippen LogP contribution in [0.15, 0.2) is 30.5 Å². The van der Waals surface area contributed by atoms with Gasteiger partial charge in [-0.3, -0.25) is 9.58 Å². The van der Waals surface area contributed by atoms with Crippen molar-refractivity contribution >= 4 is 16.0 Å². The Bertz CT molecular complexity index is 1090. The maximum absolute atomic E-state index is 11.3. The second-order valence-corrected chi connectivity index (χ2v) is 9.37. The van der Waals surface area contributed by atoms with Gasteiger partial charge in [-0.05, 0) is 30.2 Å². The number of carbonyl (C=O) groups is 1. The minimum atomic E-state index is -5.08. The molecule has 1 aromatic heterocycles. The monoisotopic (exact) mass is 492 g/mol. The van der Waals surface area contributed by atoms with Crippen LogP contribution in [0.25, 0.3) is 0 Å². The summed E-state index contributed by atoms with van der Waals surface area (Å²) in [4.78, 5) is 11.2. The van der Waals surface area contributed by atoms with Gasteiger partial charge >= 0.3 is 12.1 Å². The van der Waals surface area contributed by atoms with Gasteiger partial charge in [0.2, 0.25) is 16.8 Å². The average Bonchev–Trinajstić information content (AvgIpc) is 3.35. The molecule has 0 saturated heterocycles. The minimum absolute atomic E-state index is 0.136. The number of hydrogen-bond donors (Lipinski definition) is 2. The molecule has 0 aliphatic carbocycles. The lowest BCUT2D eigenvalue weighted by atomic mass is 10.1. The largest absolute Gasteiger partial charge is 0.490 e. The number of sulfonamides is 1. The fraction of sp³-hybridized carbons (Fsp3) is 0.474. The lowest BCUT2D eigenvalue weighted by molar-refractivity contribution is -0.192. The van der Waals surface area contributed by atoms with Crippen molar-refractivity contribution in [2.45, 2.75) is 31.7 Å². The molecule has 182 valence electrons. The van der Waals surface area contributed by atoms with E-state index >= 15 is 0 Å². The number of nitrogens with zero attached hydrogens (tertiary/aromatic N) is 3. The van der Waals surface area contributed by atoms with Crippen LogP contribution < -0.4 is 14.2 Å². The molecule has 0 fully saturated rings. The molecule has 1 atom stereocenters. The second-order valence-electron chi connectivity index (χ2n) is 7.54. The number of aliphatic carboxylic acids is 1. The zero-order valence-corrected chi connectivity index (χ0v) is 18.4. The van der Waals surface area contributed by atoms with Crippen molar-refractivity contribution in [1.29, 1.82) is 0 Å². The van der Waals surface area contributed by atoms with Crippen molar-refractivity contribution in [3.63, 3.8) is 0 Å². The van der Waals surface area contributed by atoms with Gasteiger partial charge in [0.25, 0.3) is 0 Å². The fourth-order valence-corrected chi connectivity index (χ4v) is 4.00. The van der Waals surface area contributed by atoms with Crippen LogP contribution in [-0.4, -0.2) is 66.5 Å². The van der Waals surface area contributed by atoms with Gasteiger partial charge in [0, 0.05) is 32.4 Å². The summed E-state index contributed by atoms with van der Waals surface area (Å²) >= 11 is 0. The van der Waals surface area contributed by atoms with E-state index in [1.165, 1.54) is 6.26 Å². The fourth-order valence-electron chi connectivity index (χ4n) is 3.51. The predicted octanol–water partition coefficient (Wildman–Crippen LogP) is 1.74. The highest BCUT2D eigenvalue weighted by atomic mass is 32.2. The van der Waals surface area contributed by atoms with Crippen LogP contribution in [0.4, 0.5) is 13.2 Å². The van der Waals surface area contributed by atoms with Crippen molar-refractivity contribution in [1.82, 2.24) is 19.4 Å². The van der Waals surface area contributed by atoms with E-state index in [1.807, 2.05) is 22.9 Å². The number of alkyl halides is 3. The van der Waals surface area contributed by atoms with Gasteiger partial charge in [-0.2, -0.15) is 18.3 Å². The number of halogens is 3. The summed E-state index contributed by atoms with van der Waals surface area (Å²) in [5.41, 5.74) is 2.30. The van der Waals surface area contributed by atoms with Crippen LogP contribution in [0.2, 0.25) is 0 Å². The SMILES string of the molecule is CS(=O)(=O)NCCC1CN(Cc2ccc3c(c2)OCO3)Cc2ccnn21.O=C(O)C(F)(F)F. The lowest BCUT2D eigenvalue weighted by Crippen LogP contribution is -2.38. The van der Waals surface area contributed by atoms with E-state index in [0.717, 1.165) is 42.4 Å². The van der Waals surface area contributed by atoms with Crippen molar-refractivity contribution in [3.05, 3.63) is 41.7 Å². The Morgan fingerprint density at radius 3 is 2.64 bits per heavy atom. The van der Waals surface area contributed by atoms with Gasteiger partial charge in [0.15, 0.2) is 11.5 Å². The summed E-state index contributed by atoms with van der Waals surface area (Å²) in [5.74, 6) is -1.18. The Kier molecular flexibility index (Phi) is 7.49. The molecule has 3 heterocycles. The Labute approximate surface area is 187 Å². The zero-order chi connectivity index (χ0) is 24.2. The highest BCUT2D eigenvalue weighted by Crippen LogP contribution is 2.33. The third-order valence-electron chi connectivity index (χ3n) is 4.88. The quantitative estimate of drug-likeness (QED) is 0.625. The molecule has 14 heteroatoms. The molecule has 2 aliphatic rings. The molecular formula is C19H23F3N4O6S. The van der Waals surface area contributed by atoms with E-state index < -0.39 is 22.2 Å². The number of hydrogen-bond acceptors (Lipinski definition) is 7. The molecule has 0 amide bonds. The van der Waals surface area contributed by atoms with Crippen molar-refractivity contribution < 1.29 is 41.0 Å². The summed E-state index contributed by atoms with van der Waals surface area (Å²) in [6.07, 6.45) is -1.41. The first-order chi connectivity index (χ1) is 15.4. The molecule has 2 aliphatic heterocycles. The normalized spacial score (nSPS) is 17.8. The molecule has 0 radical (unpaired) electrons. The third kappa shape index (κ3) is 7.07. The van der Waals surface area contributed by atoms with Crippen LogP contribution in [0, 0.1) is 0 Å². The molecule has 1 aromatic carbocycles. The first-order valence-corrected chi connectivity index (χ1v) is 11.7. The molecule has 0 saturated carbocycles. The van der Waals surface area contributed by atoms with Crippen molar-refractivity contribution in [3.8, 4) is 11.5 Å². The summed E-state index contributed by atoms with van der Waals surface area (Å²) in [6, 6.07) is 8.17. The number of benzene rings is 1. The molecule has 33 heavy (non-hydrogen) atoms. The van der Waals surface area contributed by atoms with Gasteiger partial charge in [-0.1, -0.05) is 6.07 Å². The van der Waals surface area contributed by atoms with Crippen LogP contribution in [-0.2, 0) is 27.9 Å². The number of carboxylic acids is 1. The molecule has 1 unspecified atom stereocenters. The summed E-state index contributed by atoms with van der Waals surface area (Å²) < 4.78 is 69.7. The third-order valence-corrected chi connectivity index (χ3v) is 5.61. The van der Waals surface area contributed by atoms with Gasteiger partial charge in [-0.25, -0.2) is 17.9 Å². The first kappa shape index (κ1) is 24.8. The Balaban J connectivity index is 0.000000383. The van der Waals surface area contributed by atoms with E-state index in [9.17, 15) is 21.6 Å². The smallest absolute Gasteiger partial charge is 0.475 e. The van der Waals surface area contributed by atoms with Crippen molar-refractivity contribution in [2.75, 3.05) is 26.1 Å². The van der Waals surface area contributed by atoms with Gasteiger partial charge < -0.3 is 14.6 Å². The molecule has 4 rings (SSSR count). The molecule has 10 nitrogen and oxygen atoms in total.